The molecule has 0 amide bonds. The maximum absolute atomic E-state index is 10.5. The molecule has 0 aliphatic rings. The minimum atomic E-state index is -0.967. The average Bonchev–Trinajstić information content (AvgIpc) is 2.18. The van der Waals surface area contributed by atoms with E-state index < -0.39 is 5.97 Å². The van der Waals surface area contributed by atoms with Gasteiger partial charge in [-0.1, -0.05) is 12.1 Å². The van der Waals surface area contributed by atoms with E-state index in [4.69, 9.17) is 16.1 Å². The van der Waals surface area contributed by atoms with Crippen LogP contribution >= 0.6 is 0 Å². The van der Waals surface area contributed by atoms with Crippen molar-refractivity contribution in [1.82, 2.24) is 0 Å². The maximum atomic E-state index is 10.5. The molecule has 1 rings (SSSR count). The number of rotatable bonds is 3. The van der Waals surface area contributed by atoms with E-state index in [1.54, 1.807) is 12.1 Å². The SMILES string of the molecule is N#CC[C@@H](N)c1ccc(C(=O)O)cc1. The maximum Gasteiger partial charge on any atom is 0.335 e. The Morgan fingerprint density at radius 2 is 2.07 bits per heavy atom. The number of nitriles is 1. The van der Waals surface area contributed by atoms with Gasteiger partial charge in [0.25, 0.3) is 0 Å². The summed E-state index contributed by atoms with van der Waals surface area (Å²) in [6.45, 7) is 0. The third-order valence-electron chi connectivity index (χ3n) is 1.90. The van der Waals surface area contributed by atoms with E-state index >= 15 is 0 Å². The molecule has 0 aromatic heterocycles. The fraction of sp³-hybridized carbons (Fsp3) is 0.200. The molecule has 0 fully saturated rings. The van der Waals surface area contributed by atoms with Crippen molar-refractivity contribution in [3.63, 3.8) is 0 Å². The second-order valence-electron chi connectivity index (χ2n) is 2.90. The van der Waals surface area contributed by atoms with Gasteiger partial charge in [-0.25, -0.2) is 4.79 Å². The fourth-order valence-electron chi connectivity index (χ4n) is 1.09. The molecule has 0 saturated carbocycles. The van der Waals surface area contributed by atoms with Crippen LogP contribution in [0.2, 0.25) is 0 Å². The molecule has 0 aliphatic heterocycles. The second-order valence-corrected chi connectivity index (χ2v) is 2.90. The lowest BCUT2D eigenvalue weighted by atomic mass is 10.0. The van der Waals surface area contributed by atoms with Crippen LogP contribution < -0.4 is 5.73 Å². The predicted molar refractivity (Wildman–Crippen MR) is 50.6 cm³/mol. The number of carboxylic acid groups (broad SMARTS) is 1. The molecule has 1 atom stereocenters. The summed E-state index contributed by atoms with van der Waals surface area (Å²) in [5.41, 5.74) is 6.66. The molecule has 1 aromatic rings. The van der Waals surface area contributed by atoms with Crippen molar-refractivity contribution < 1.29 is 9.90 Å². The van der Waals surface area contributed by atoms with Crippen LogP contribution in [-0.2, 0) is 0 Å². The summed E-state index contributed by atoms with van der Waals surface area (Å²) >= 11 is 0. The van der Waals surface area contributed by atoms with Gasteiger partial charge in [0, 0.05) is 6.04 Å². The third kappa shape index (κ3) is 2.31. The normalized spacial score (nSPS) is 11.7. The molecule has 0 bridgehead atoms. The monoisotopic (exact) mass is 190 g/mol. The summed E-state index contributed by atoms with van der Waals surface area (Å²) in [7, 11) is 0. The average molecular weight is 190 g/mol. The van der Waals surface area contributed by atoms with Crippen LogP contribution in [0.15, 0.2) is 24.3 Å². The van der Waals surface area contributed by atoms with Gasteiger partial charge < -0.3 is 10.8 Å². The van der Waals surface area contributed by atoms with Crippen LogP contribution in [0.3, 0.4) is 0 Å². The number of nitrogens with two attached hydrogens (primary N) is 1. The van der Waals surface area contributed by atoms with Crippen molar-refractivity contribution in [1.29, 1.82) is 5.26 Å². The lowest BCUT2D eigenvalue weighted by Gasteiger charge is -2.07. The Bertz CT molecular complexity index is 365. The molecule has 0 aliphatic carbocycles. The van der Waals surface area contributed by atoms with Crippen LogP contribution in [0, 0.1) is 11.3 Å². The van der Waals surface area contributed by atoms with Gasteiger partial charge in [0.2, 0.25) is 0 Å². The molecule has 14 heavy (non-hydrogen) atoms. The summed E-state index contributed by atoms with van der Waals surface area (Å²) in [5.74, 6) is -0.967. The molecule has 1 aromatic carbocycles. The van der Waals surface area contributed by atoms with E-state index in [1.165, 1.54) is 12.1 Å². The highest BCUT2D eigenvalue weighted by molar-refractivity contribution is 5.87. The Morgan fingerprint density at radius 3 is 2.50 bits per heavy atom. The summed E-state index contributed by atoms with van der Waals surface area (Å²) in [4.78, 5) is 10.5. The minimum absolute atomic E-state index is 0.220. The number of nitrogens with zero attached hydrogens (tertiary/aromatic N) is 1. The largest absolute Gasteiger partial charge is 0.478 e. The Labute approximate surface area is 81.6 Å². The number of carbonyl (C=O) groups is 1. The number of carboxylic acids is 1. The van der Waals surface area contributed by atoms with Gasteiger partial charge in [-0.05, 0) is 17.7 Å². The van der Waals surface area contributed by atoms with Crippen LogP contribution in [0.1, 0.15) is 28.4 Å². The summed E-state index contributed by atoms with van der Waals surface area (Å²) in [6, 6.07) is 7.84. The zero-order chi connectivity index (χ0) is 10.6. The Balaban J connectivity index is 2.84. The molecule has 72 valence electrons. The van der Waals surface area contributed by atoms with E-state index in [-0.39, 0.29) is 18.0 Å². The molecule has 0 spiro atoms. The van der Waals surface area contributed by atoms with E-state index in [2.05, 4.69) is 0 Å². The van der Waals surface area contributed by atoms with E-state index in [0.717, 1.165) is 5.56 Å². The minimum Gasteiger partial charge on any atom is -0.478 e. The number of benzene rings is 1. The van der Waals surface area contributed by atoms with Crippen LogP contribution in [-0.4, -0.2) is 11.1 Å². The van der Waals surface area contributed by atoms with Gasteiger partial charge >= 0.3 is 5.97 Å². The molecule has 0 heterocycles. The van der Waals surface area contributed by atoms with Gasteiger partial charge in [0.05, 0.1) is 18.1 Å². The third-order valence-corrected chi connectivity index (χ3v) is 1.90. The molecule has 0 unspecified atom stereocenters. The second kappa shape index (κ2) is 4.40. The van der Waals surface area contributed by atoms with Gasteiger partial charge in [0.1, 0.15) is 0 Å². The molecular formula is C10H10N2O2. The first-order valence-electron chi connectivity index (χ1n) is 4.11. The van der Waals surface area contributed by atoms with E-state index in [0.29, 0.717) is 0 Å². The summed E-state index contributed by atoms with van der Waals surface area (Å²) in [6.07, 6.45) is 0.229. The first-order chi connectivity index (χ1) is 6.65. The highest BCUT2D eigenvalue weighted by Crippen LogP contribution is 2.14. The lowest BCUT2D eigenvalue weighted by Crippen LogP contribution is -2.09. The smallest absolute Gasteiger partial charge is 0.335 e. The Hall–Kier alpha value is -1.86. The van der Waals surface area contributed by atoms with E-state index in [9.17, 15) is 4.79 Å². The van der Waals surface area contributed by atoms with Crippen molar-refractivity contribution in [3.05, 3.63) is 35.4 Å². The zero-order valence-corrected chi connectivity index (χ0v) is 7.47. The van der Waals surface area contributed by atoms with Crippen molar-refractivity contribution in [2.24, 2.45) is 5.73 Å². The van der Waals surface area contributed by atoms with E-state index in [1.807, 2.05) is 6.07 Å². The number of hydrogen-bond acceptors (Lipinski definition) is 3. The van der Waals surface area contributed by atoms with Crippen LogP contribution in [0.4, 0.5) is 0 Å². The first kappa shape index (κ1) is 10.2. The molecule has 0 saturated heterocycles. The van der Waals surface area contributed by atoms with Crippen molar-refractivity contribution in [2.45, 2.75) is 12.5 Å². The van der Waals surface area contributed by atoms with Gasteiger partial charge in [-0.3, -0.25) is 0 Å². The van der Waals surface area contributed by atoms with Gasteiger partial charge in [-0.15, -0.1) is 0 Å². The predicted octanol–water partition coefficient (Wildman–Crippen LogP) is 1.30. The van der Waals surface area contributed by atoms with Gasteiger partial charge in [0.15, 0.2) is 0 Å². The van der Waals surface area contributed by atoms with Gasteiger partial charge in [-0.2, -0.15) is 5.26 Å². The lowest BCUT2D eigenvalue weighted by molar-refractivity contribution is 0.0697. The molecule has 4 heteroatoms. The summed E-state index contributed by atoms with van der Waals surface area (Å²) < 4.78 is 0. The Kier molecular flexibility index (Phi) is 3.21. The topological polar surface area (TPSA) is 87.1 Å². The molecule has 3 N–H and O–H groups in total. The fourth-order valence-corrected chi connectivity index (χ4v) is 1.09. The Morgan fingerprint density at radius 1 is 1.50 bits per heavy atom. The standard InChI is InChI=1S/C10H10N2O2/c11-6-5-9(12)7-1-3-8(4-2-7)10(13)14/h1-4,9H,5,12H2,(H,13,14)/t9-/m1/s1. The van der Waals surface area contributed by atoms with Crippen molar-refractivity contribution in [2.75, 3.05) is 0 Å². The summed E-state index contributed by atoms with van der Waals surface area (Å²) in [5, 5.41) is 17.1. The number of hydrogen-bond donors (Lipinski definition) is 2. The molecule has 0 radical (unpaired) electrons. The van der Waals surface area contributed by atoms with Crippen molar-refractivity contribution >= 4 is 5.97 Å². The van der Waals surface area contributed by atoms with Crippen LogP contribution in [0.25, 0.3) is 0 Å². The zero-order valence-electron chi connectivity index (χ0n) is 7.47. The highest BCUT2D eigenvalue weighted by atomic mass is 16.4. The molecular weight excluding hydrogens is 180 g/mol. The first-order valence-corrected chi connectivity index (χ1v) is 4.11. The highest BCUT2D eigenvalue weighted by Gasteiger charge is 2.06. The quantitative estimate of drug-likeness (QED) is 0.751. The number of aromatic carboxylic acids is 1. The van der Waals surface area contributed by atoms with Crippen LogP contribution in [0.5, 0.6) is 0 Å². The van der Waals surface area contributed by atoms with Crippen molar-refractivity contribution in [3.8, 4) is 6.07 Å². The molecule has 4 nitrogen and oxygen atoms in total.